The Labute approximate surface area is 224 Å². The first-order valence-electron chi connectivity index (χ1n) is 12.0. The molecular formula is C28H32ClN3O4S. The van der Waals surface area contributed by atoms with E-state index in [0.717, 1.165) is 15.4 Å². The van der Waals surface area contributed by atoms with Gasteiger partial charge in [0.2, 0.25) is 11.8 Å². The largest absolute Gasteiger partial charge is 0.352 e. The number of halogens is 1. The zero-order valence-corrected chi connectivity index (χ0v) is 23.0. The highest BCUT2D eigenvalue weighted by atomic mass is 35.5. The van der Waals surface area contributed by atoms with Gasteiger partial charge in [-0.15, -0.1) is 0 Å². The quantitative estimate of drug-likeness (QED) is 0.400. The van der Waals surface area contributed by atoms with Gasteiger partial charge in [0, 0.05) is 17.6 Å². The van der Waals surface area contributed by atoms with Crippen LogP contribution in [-0.2, 0) is 26.2 Å². The lowest BCUT2D eigenvalue weighted by Crippen LogP contribution is -2.52. The SMILES string of the molecule is Cc1ccc(S(=O)(=O)N(CC(=O)N(Cc2ccccc2)[C@H](C)C(=O)NC(C)C)c2ccc(Cl)cc2)cc1. The molecule has 9 heteroatoms. The molecule has 196 valence electrons. The van der Waals surface area contributed by atoms with E-state index in [2.05, 4.69) is 5.32 Å². The number of aryl methyl sites for hydroxylation is 1. The van der Waals surface area contributed by atoms with E-state index in [1.165, 1.54) is 17.0 Å². The summed E-state index contributed by atoms with van der Waals surface area (Å²) in [7, 11) is -4.11. The smallest absolute Gasteiger partial charge is 0.264 e. The summed E-state index contributed by atoms with van der Waals surface area (Å²) < 4.78 is 28.5. The Morgan fingerprint density at radius 2 is 1.49 bits per heavy atom. The number of hydrogen-bond donors (Lipinski definition) is 1. The van der Waals surface area contributed by atoms with Crippen LogP contribution < -0.4 is 9.62 Å². The topological polar surface area (TPSA) is 86.8 Å². The molecule has 7 nitrogen and oxygen atoms in total. The van der Waals surface area contributed by atoms with Crippen LogP contribution in [0.3, 0.4) is 0 Å². The number of carbonyl (C=O) groups is 2. The van der Waals surface area contributed by atoms with Crippen LogP contribution in [-0.4, -0.2) is 43.8 Å². The van der Waals surface area contributed by atoms with E-state index < -0.39 is 28.5 Å². The lowest BCUT2D eigenvalue weighted by atomic mass is 10.1. The zero-order chi connectivity index (χ0) is 27.2. The summed E-state index contributed by atoms with van der Waals surface area (Å²) >= 11 is 6.04. The van der Waals surface area contributed by atoms with Crippen LogP contribution in [0.15, 0.2) is 83.8 Å². The third-order valence-corrected chi connectivity index (χ3v) is 7.84. The van der Waals surface area contributed by atoms with Gasteiger partial charge >= 0.3 is 0 Å². The van der Waals surface area contributed by atoms with E-state index in [-0.39, 0.29) is 29.1 Å². The van der Waals surface area contributed by atoms with E-state index in [4.69, 9.17) is 11.6 Å². The molecule has 0 aromatic heterocycles. The predicted molar refractivity (Wildman–Crippen MR) is 147 cm³/mol. The van der Waals surface area contributed by atoms with Crippen molar-refractivity contribution in [1.82, 2.24) is 10.2 Å². The summed E-state index contributed by atoms with van der Waals surface area (Å²) in [4.78, 5) is 28.1. The van der Waals surface area contributed by atoms with E-state index in [1.54, 1.807) is 43.3 Å². The van der Waals surface area contributed by atoms with Crippen molar-refractivity contribution in [3.8, 4) is 0 Å². The third kappa shape index (κ3) is 7.33. The monoisotopic (exact) mass is 541 g/mol. The van der Waals surface area contributed by atoms with Crippen molar-refractivity contribution >= 4 is 39.1 Å². The molecular weight excluding hydrogens is 510 g/mol. The van der Waals surface area contributed by atoms with Crippen molar-refractivity contribution in [2.45, 2.75) is 51.2 Å². The Morgan fingerprint density at radius 3 is 2.05 bits per heavy atom. The van der Waals surface area contributed by atoms with Gasteiger partial charge in [-0.1, -0.05) is 59.6 Å². The van der Waals surface area contributed by atoms with E-state index in [0.29, 0.717) is 5.02 Å². The summed E-state index contributed by atoms with van der Waals surface area (Å²) in [5.41, 5.74) is 2.02. The van der Waals surface area contributed by atoms with E-state index in [1.807, 2.05) is 51.1 Å². The van der Waals surface area contributed by atoms with Crippen molar-refractivity contribution in [2.24, 2.45) is 0 Å². The number of benzene rings is 3. The second-order valence-electron chi connectivity index (χ2n) is 9.15. The molecule has 37 heavy (non-hydrogen) atoms. The van der Waals surface area contributed by atoms with E-state index >= 15 is 0 Å². The van der Waals surface area contributed by atoms with Crippen molar-refractivity contribution < 1.29 is 18.0 Å². The molecule has 0 heterocycles. The molecule has 2 amide bonds. The van der Waals surface area contributed by atoms with Crippen molar-refractivity contribution in [1.29, 1.82) is 0 Å². The molecule has 0 fully saturated rings. The first kappa shape index (κ1) is 28.2. The Hall–Kier alpha value is -3.36. The fourth-order valence-corrected chi connectivity index (χ4v) is 5.28. The normalized spacial score (nSPS) is 12.2. The van der Waals surface area contributed by atoms with Crippen molar-refractivity contribution in [3.05, 3.63) is 95.0 Å². The van der Waals surface area contributed by atoms with Crippen LogP contribution in [0.1, 0.15) is 31.9 Å². The number of amides is 2. The molecule has 0 saturated carbocycles. The molecule has 0 saturated heterocycles. The minimum Gasteiger partial charge on any atom is -0.352 e. The van der Waals surface area contributed by atoms with Gasteiger partial charge in [0.15, 0.2) is 0 Å². The zero-order valence-electron chi connectivity index (χ0n) is 21.4. The van der Waals surface area contributed by atoms with Gasteiger partial charge in [-0.3, -0.25) is 13.9 Å². The minimum atomic E-state index is -4.11. The molecule has 0 bridgehead atoms. The standard InChI is InChI=1S/C28H32ClN3O4S/c1-20(2)30-28(34)22(4)31(18-23-8-6-5-7-9-23)27(33)19-32(25-14-12-24(29)13-15-25)37(35,36)26-16-10-21(3)11-17-26/h5-17,20,22H,18-19H2,1-4H3,(H,30,34)/t22-/m1/s1. The molecule has 0 spiro atoms. The number of carbonyl (C=O) groups excluding carboxylic acids is 2. The lowest BCUT2D eigenvalue weighted by Gasteiger charge is -2.32. The van der Waals surface area contributed by atoms with Gasteiger partial charge in [-0.25, -0.2) is 8.42 Å². The molecule has 0 aliphatic carbocycles. The molecule has 1 N–H and O–H groups in total. The molecule has 1 atom stereocenters. The Kier molecular flexibility index (Phi) is 9.34. The molecule has 3 aromatic carbocycles. The second kappa shape index (κ2) is 12.3. The Bertz CT molecular complexity index is 1310. The number of anilines is 1. The van der Waals surface area contributed by atoms with Crippen LogP contribution in [0.4, 0.5) is 5.69 Å². The maximum atomic E-state index is 13.8. The predicted octanol–water partition coefficient (Wildman–Crippen LogP) is 4.79. The molecule has 3 rings (SSSR count). The fraction of sp³-hybridized carbons (Fsp3) is 0.286. The maximum absolute atomic E-state index is 13.8. The van der Waals surface area contributed by atoms with Gasteiger partial charge in [0.1, 0.15) is 12.6 Å². The summed E-state index contributed by atoms with van der Waals surface area (Å²) in [6.45, 7) is 6.83. The first-order valence-corrected chi connectivity index (χ1v) is 13.8. The highest BCUT2D eigenvalue weighted by Crippen LogP contribution is 2.26. The van der Waals surface area contributed by atoms with Gasteiger partial charge in [-0.2, -0.15) is 0 Å². The number of rotatable bonds is 10. The number of hydrogen-bond acceptors (Lipinski definition) is 4. The van der Waals surface area contributed by atoms with Crippen LogP contribution in [0.5, 0.6) is 0 Å². The fourth-order valence-electron chi connectivity index (χ4n) is 3.74. The summed E-state index contributed by atoms with van der Waals surface area (Å²) in [6, 6.07) is 21.0. The Morgan fingerprint density at radius 1 is 0.892 bits per heavy atom. The van der Waals surface area contributed by atoms with Crippen molar-refractivity contribution in [2.75, 3.05) is 10.8 Å². The second-order valence-corrected chi connectivity index (χ2v) is 11.4. The van der Waals surface area contributed by atoms with Gasteiger partial charge < -0.3 is 10.2 Å². The van der Waals surface area contributed by atoms with Crippen LogP contribution in [0, 0.1) is 6.92 Å². The van der Waals surface area contributed by atoms with Crippen LogP contribution >= 0.6 is 11.6 Å². The molecule has 0 radical (unpaired) electrons. The highest BCUT2D eigenvalue weighted by molar-refractivity contribution is 7.92. The third-order valence-electron chi connectivity index (χ3n) is 5.80. The van der Waals surface area contributed by atoms with E-state index in [9.17, 15) is 18.0 Å². The average molecular weight is 542 g/mol. The number of sulfonamides is 1. The first-order chi connectivity index (χ1) is 17.5. The number of nitrogens with zero attached hydrogens (tertiary/aromatic N) is 2. The number of nitrogens with one attached hydrogen (secondary N) is 1. The maximum Gasteiger partial charge on any atom is 0.264 e. The summed E-state index contributed by atoms with van der Waals surface area (Å²) in [5, 5.41) is 3.27. The Balaban J connectivity index is 2.01. The molecule has 0 unspecified atom stereocenters. The summed E-state index contributed by atoms with van der Waals surface area (Å²) in [5.74, 6) is -0.834. The lowest BCUT2D eigenvalue weighted by molar-refractivity contribution is -0.139. The highest BCUT2D eigenvalue weighted by Gasteiger charge is 2.32. The van der Waals surface area contributed by atoms with Crippen LogP contribution in [0.25, 0.3) is 0 Å². The summed E-state index contributed by atoms with van der Waals surface area (Å²) in [6.07, 6.45) is 0. The van der Waals surface area contributed by atoms with Crippen molar-refractivity contribution in [3.63, 3.8) is 0 Å². The van der Waals surface area contributed by atoms with Gasteiger partial charge in [0.25, 0.3) is 10.0 Å². The van der Waals surface area contributed by atoms with Crippen LogP contribution in [0.2, 0.25) is 5.02 Å². The minimum absolute atomic E-state index is 0.0565. The molecule has 0 aliphatic rings. The average Bonchev–Trinajstić information content (AvgIpc) is 2.86. The van der Waals surface area contributed by atoms with Gasteiger partial charge in [0.05, 0.1) is 10.6 Å². The molecule has 3 aromatic rings. The molecule has 0 aliphatic heterocycles. The van der Waals surface area contributed by atoms with Gasteiger partial charge in [-0.05, 0) is 69.7 Å².